The second-order valence-electron chi connectivity index (χ2n) is 7.25. The highest BCUT2D eigenvalue weighted by molar-refractivity contribution is 8.93. The van der Waals surface area contributed by atoms with Gasteiger partial charge < -0.3 is 0 Å². The van der Waals surface area contributed by atoms with E-state index in [-0.39, 0.29) is 22.4 Å². The van der Waals surface area contributed by atoms with Crippen molar-refractivity contribution in [3.63, 3.8) is 0 Å². The van der Waals surface area contributed by atoms with Crippen LogP contribution in [0.4, 0.5) is 13.9 Å². The molecule has 2 aromatic carbocycles. The van der Waals surface area contributed by atoms with Crippen LogP contribution in [-0.2, 0) is 11.8 Å². The molecule has 0 saturated heterocycles. The first-order valence-electron chi connectivity index (χ1n) is 8.55. The third-order valence-electron chi connectivity index (χ3n) is 4.03. The molecule has 1 N–H and O–H groups in total. The maximum Gasteiger partial charge on any atom is 0.263 e. The van der Waals surface area contributed by atoms with Crippen molar-refractivity contribution in [2.45, 2.75) is 32.6 Å². The van der Waals surface area contributed by atoms with Gasteiger partial charge in [0.15, 0.2) is 5.13 Å². The summed E-state index contributed by atoms with van der Waals surface area (Å²) in [7, 11) is 0. The second-order valence-corrected chi connectivity index (χ2v) is 8.34. The summed E-state index contributed by atoms with van der Waals surface area (Å²) >= 11 is 1.33. The summed E-state index contributed by atoms with van der Waals surface area (Å²) in [6.45, 7) is 6.12. The molecule has 1 heterocycles. The number of nitrogens with one attached hydrogen (secondary N) is 1. The number of carbonyl (C=O) groups excluding carboxylic acids is 1. The minimum Gasteiger partial charge on any atom is -0.298 e. The van der Waals surface area contributed by atoms with Crippen LogP contribution in [0.1, 0.15) is 47.3 Å². The van der Waals surface area contributed by atoms with Gasteiger partial charge in [-0.05, 0) is 17.7 Å². The Bertz CT molecular complexity index is 948. The van der Waals surface area contributed by atoms with Crippen LogP contribution >= 0.6 is 28.3 Å². The SMILES string of the molecule is Br.CC(C)(C)c1nc(NC(=O)c2c(F)cccc2F)sc1Cc1ccccc1. The molecule has 0 fully saturated rings. The fourth-order valence-electron chi connectivity index (χ4n) is 2.77. The summed E-state index contributed by atoms with van der Waals surface area (Å²) in [5.41, 5.74) is 1.16. The first kappa shape index (κ1) is 22.2. The Labute approximate surface area is 177 Å². The molecule has 1 amide bonds. The number of nitrogens with zero attached hydrogens (tertiary/aromatic N) is 1. The van der Waals surface area contributed by atoms with E-state index in [9.17, 15) is 13.6 Å². The predicted molar refractivity (Wildman–Crippen MR) is 115 cm³/mol. The molecule has 1 aromatic heterocycles. The molecule has 7 heteroatoms. The summed E-state index contributed by atoms with van der Waals surface area (Å²) in [5, 5.41) is 2.88. The highest BCUT2D eigenvalue weighted by Crippen LogP contribution is 2.34. The summed E-state index contributed by atoms with van der Waals surface area (Å²) in [5.74, 6) is -2.64. The maximum absolute atomic E-state index is 13.8. The van der Waals surface area contributed by atoms with Crippen LogP contribution < -0.4 is 5.32 Å². The van der Waals surface area contributed by atoms with E-state index < -0.39 is 23.1 Å². The Kier molecular flexibility index (Phi) is 7.06. The minimum atomic E-state index is -0.899. The summed E-state index contributed by atoms with van der Waals surface area (Å²) in [6.07, 6.45) is 0.676. The number of hydrogen-bond donors (Lipinski definition) is 1. The fourth-order valence-corrected chi connectivity index (χ4v) is 3.97. The van der Waals surface area contributed by atoms with Gasteiger partial charge >= 0.3 is 0 Å². The molecular formula is C21H21BrF2N2OS. The largest absolute Gasteiger partial charge is 0.298 e. The molecule has 0 aliphatic rings. The number of rotatable bonds is 4. The Morgan fingerprint density at radius 1 is 1.04 bits per heavy atom. The molecule has 3 aromatic rings. The monoisotopic (exact) mass is 466 g/mol. The average Bonchev–Trinajstić information content (AvgIpc) is 2.98. The molecule has 3 nitrogen and oxygen atoms in total. The molecule has 0 aliphatic heterocycles. The second kappa shape index (κ2) is 8.92. The molecule has 0 atom stereocenters. The number of hydrogen-bond acceptors (Lipinski definition) is 3. The molecule has 0 saturated carbocycles. The van der Waals surface area contributed by atoms with Crippen molar-refractivity contribution >= 4 is 39.4 Å². The van der Waals surface area contributed by atoms with Crippen LogP contribution in [0.25, 0.3) is 0 Å². The molecule has 0 aliphatic carbocycles. The van der Waals surface area contributed by atoms with Crippen LogP contribution in [0.15, 0.2) is 48.5 Å². The Morgan fingerprint density at radius 2 is 1.64 bits per heavy atom. The Hall–Kier alpha value is -2.12. The van der Waals surface area contributed by atoms with Gasteiger partial charge in [-0.2, -0.15) is 0 Å². The van der Waals surface area contributed by atoms with Crippen molar-refractivity contribution in [2.75, 3.05) is 5.32 Å². The van der Waals surface area contributed by atoms with Crippen LogP contribution in [0.5, 0.6) is 0 Å². The lowest BCUT2D eigenvalue weighted by molar-refractivity contribution is 0.101. The van der Waals surface area contributed by atoms with Crippen LogP contribution in [0.3, 0.4) is 0 Å². The number of anilines is 1. The van der Waals surface area contributed by atoms with Gasteiger partial charge in [0.2, 0.25) is 0 Å². The zero-order chi connectivity index (χ0) is 19.6. The van der Waals surface area contributed by atoms with Gasteiger partial charge in [-0.25, -0.2) is 13.8 Å². The van der Waals surface area contributed by atoms with Crippen molar-refractivity contribution in [3.8, 4) is 0 Å². The van der Waals surface area contributed by atoms with Gasteiger partial charge in [0, 0.05) is 16.7 Å². The molecular weight excluding hydrogens is 446 g/mol. The van der Waals surface area contributed by atoms with Crippen molar-refractivity contribution in [1.29, 1.82) is 0 Å². The molecule has 0 unspecified atom stereocenters. The van der Waals surface area contributed by atoms with E-state index in [2.05, 4.69) is 10.3 Å². The first-order chi connectivity index (χ1) is 12.8. The van der Waals surface area contributed by atoms with Crippen LogP contribution in [0.2, 0.25) is 0 Å². The van der Waals surface area contributed by atoms with Crippen molar-refractivity contribution in [3.05, 3.63) is 81.9 Å². The van der Waals surface area contributed by atoms with E-state index in [0.29, 0.717) is 11.6 Å². The summed E-state index contributed by atoms with van der Waals surface area (Å²) in [4.78, 5) is 17.9. The van der Waals surface area contributed by atoms with Gasteiger partial charge in [-0.3, -0.25) is 10.1 Å². The summed E-state index contributed by atoms with van der Waals surface area (Å²) < 4.78 is 27.7. The van der Waals surface area contributed by atoms with Gasteiger partial charge in [0.05, 0.1) is 5.69 Å². The predicted octanol–water partition coefficient (Wildman–Crippen LogP) is 6.14. The third-order valence-corrected chi connectivity index (χ3v) is 5.00. The van der Waals surface area contributed by atoms with E-state index in [1.165, 1.54) is 17.4 Å². The molecule has 0 bridgehead atoms. The standard InChI is InChI=1S/C21H20F2N2OS.BrH/c1-21(2,3)18-16(12-13-8-5-4-6-9-13)27-20(24-18)25-19(26)17-14(22)10-7-11-15(17)23;/h4-11H,12H2,1-3H3,(H,24,25,26);1H. The topological polar surface area (TPSA) is 42.0 Å². The zero-order valence-corrected chi connectivity index (χ0v) is 18.3. The quantitative estimate of drug-likeness (QED) is 0.501. The lowest BCUT2D eigenvalue weighted by Gasteiger charge is -2.17. The van der Waals surface area contributed by atoms with E-state index in [4.69, 9.17) is 0 Å². The number of thiazole rings is 1. The van der Waals surface area contributed by atoms with Crippen molar-refractivity contribution in [2.24, 2.45) is 0 Å². The molecule has 3 rings (SSSR count). The zero-order valence-electron chi connectivity index (χ0n) is 15.8. The lowest BCUT2D eigenvalue weighted by Crippen LogP contribution is -2.17. The Morgan fingerprint density at radius 3 is 2.21 bits per heavy atom. The molecule has 28 heavy (non-hydrogen) atoms. The lowest BCUT2D eigenvalue weighted by atomic mass is 9.90. The van der Waals surface area contributed by atoms with Crippen LogP contribution in [-0.4, -0.2) is 10.9 Å². The number of amides is 1. The van der Waals surface area contributed by atoms with Gasteiger partial charge in [-0.15, -0.1) is 28.3 Å². The smallest absolute Gasteiger partial charge is 0.263 e. The van der Waals surface area contributed by atoms with E-state index in [1.54, 1.807) is 0 Å². The normalized spacial score (nSPS) is 11.0. The highest BCUT2D eigenvalue weighted by Gasteiger charge is 2.25. The van der Waals surface area contributed by atoms with E-state index in [0.717, 1.165) is 28.3 Å². The Balaban J connectivity index is 0.00000280. The number of benzene rings is 2. The number of aromatic nitrogens is 1. The summed E-state index contributed by atoms with van der Waals surface area (Å²) in [6, 6.07) is 13.3. The molecule has 0 radical (unpaired) electrons. The minimum absolute atomic E-state index is 0. The van der Waals surface area contributed by atoms with Gasteiger partial charge in [-0.1, -0.05) is 57.2 Å². The first-order valence-corrected chi connectivity index (χ1v) is 9.37. The van der Waals surface area contributed by atoms with Gasteiger partial charge in [0.25, 0.3) is 5.91 Å². The average molecular weight is 467 g/mol. The van der Waals surface area contributed by atoms with Gasteiger partial charge in [0.1, 0.15) is 17.2 Å². The number of halogens is 3. The molecule has 0 spiro atoms. The van der Waals surface area contributed by atoms with Crippen molar-refractivity contribution < 1.29 is 13.6 Å². The number of carbonyl (C=O) groups is 1. The third kappa shape index (κ3) is 5.02. The fraction of sp³-hybridized carbons (Fsp3) is 0.238. The van der Waals surface area contributed by atoms with Crippen molar-refractivity contribution in [1.82, 2.24) is 4.98 Å². The maximum atomic E-state index is 13.8. The highest BCUT2D eigenvalue weighted by atomic mass is 79.9. The van der Waals surface area contributed by atoms with E-state index >= 15 is 0 Å². The van der Waals surface area contributed by atoms with E-state index in [1.807, 2.05) is 51.1 Å². The molecule has 148 valence electrons. The van der Waals surface area contributed by atoms with Crippen LogP contribution in [0, 0.1) is 11.6 Å².